The van der Waals surface area contributed by atoms with E-state index in [1.165, 1.54) is 6.08 Å². The first kappa shape index (κ1) is 13.2. The number of carbonyl (C=O) groups excluding carboxylic acids is 1. The highest BCUT2D eigenvalue weighted by molar-refractivity contribution is 5.81. The third-order valence-corrected chi connectivity index (χ3v) is 3.02. The van der Waals surface area contributed by atoms with E-state index in [1.807, 2.05) is 6.92 Å². The van der Waals surface area contributed by atoms with Crippen LogP contribution in [0.15, 0.2) is 12.7 Å². The van der Waals surface area contributed by atoms with Gasteiger partial charge >= 0.3 is 5.97 Å². The molecule has 3 nitrogen and oxygen atoms in total. The third-order valence-electron chi connectivity index (χ3n) is 3.02. The molecule has 0 aliphatic heterocycles. The van der Waals surface area contributed by atoms with Crippen LogP contribution < -0.4 is 0 Å². The molecule has 1 aliphatic rings. The maximum absolute atomic E-state index is 11.2. The van der Waals surface area contributed by atoms with Crippen molar-refractivity contribution < 1.29 is 14.3 Å². The second-order valence-electron chi connectivity index (χ2n) is 4.66. The van der Waals surface area contributed by atoms with Gasteiger partial charge in [-0.25, -0.2) is 4.79 Å². The van der Waals surface area contributed by atoms with Crippen molar-refractivity contribution in [2.45, 2.75) is 57.7 Å². The lowest BCUT2D eigenvalue weighted by atomic mass is 10.1. The van der Waals surface area contributed by atoms with Crippen LogP contribution >= 0.6 is 0 Å². The number of carbonyl (C=O) groups is 1. The van der Waals surface area contributed by atoms with Crippen LogP contribution in [0.2, 0.25) is 0 Å². The summed E-state index contributed by atoms with van der Waals surface area (Å²) in [4.78, 5) is 11.2. The molecule has 1 saturated carbocycles. The Hall–Kier alpha value is -0.830. The smallest absolute Gasteiger partial charge is 0.330 e. The quantitative estimate of drug-likeness (QED) is 0.397. The normalized spacial score (nSPS) is 29.0. The van der Waals surface area contributed by atoms with Gasteiger partial charge in [0, 0.05) is 19.1 Å². The summed E-state index contributed by atoms with van der Waals surface area (Å²) < 4.78 is 11.1. The molecule has 92 valence electrons. The molecule has 3 heteroatoms. The van der Waals surface area contributed by atoms with Crippen LogP contribution in [-0.4, -0.2) is 24.3 Å². The maximum atomic E-state index is 11.2. The van der Waals surface area contributed by atoms with Gasteiger partial charge < -0.3 is 9.47 Å². The standard InChI is InChI=1S/C13H22O3/c1-4-6-9-15-11-7-8-13(3,10-11)16-12(14)5-2/h5,11H,2,4,6-10H2,1,3H3. The van der Waals surface area contributed by atoms with Gasteiger partial charge in [0.2, 0.25) is 0 Å². The molecule has 1 aliphatic carbocycles. The Morgan fingerprint density at radius 2 is 2.38 bits per heavy atom. The Labute approximate surface area is 97.8 Å². The number of rotatable bonds is 6. The second-order valence-corrected chi connectivity index (χ2v) is 4.66. The van der Waals surface area contributed by atoms with E-state index in [2.05, 4.69) is 13.5 Å². The van der Waals surface area contributed by atoms with Crippen LogP contribution in [0.3, 0.4) is 0 Å². The van der Waals surface area contributed by atoms with Gasteiger partial charge in [0.15, 0.2) is 0 Å². The van der Waals surface area contributed by atoms with Crippen LogP contribution in [-0.2, 0) is 14.3 Å². The van der Waals surface area contributed by atoms with Crippen molar-refractivity contribution in [3.8, 4) is 0 Å². The predicted octanol–water partition coefficient (Wildman–Crippen LogP) is 2.84. The Kier molecular flexibility index (Phi) is 5.00. The average Bonchev–Trinajstić information content (AvgIpc) is 2.60. The topological polar surface area (TPSA) is 35.5 Å². The molecule has 0 amide bonds. The Bertz CT molecular complexity index is 250. The fourth-order valence-electron chi connectivity index (χ4n) is 2.07. The first-order chi connectivity index (χ1) is 7.59. The monoisotopic (exact) mass is 226 g/mol. The van der Waals surface area contributed by atoms with E-state index in [-0.39, 0.29) is 17.7 Å². The summed E-state index contributed by atoms with van der Waals surface area (Å²) in [5.41, 5.74) is -0.359. The molecule has 0 aromatic heterocycles. The molecule has 16 heavy (non-hydrogen) atoms. The summed E-state index contributed by atoms with van der Waals surface area (Å²) in [6, 6.07) is 0. The van der Waals surface area contributed by atoms with E-state index < -0.39 is 0 Å². The molecule has 1 fully saturated rings. The maximum Gasteiger partial charge on any atom is 0.330 e. The average molecular weight is 226 g/mol. The highest BCUT2D eigenvalue weighted by Gasteiger charge is 2.38. The van der Waals surface area contributed by atoms with Gasteiger partial charge in [0.05, 0.1) is 6.10 Å². The van der Waals surface area contributed by atoms with Crippen LogP contribution in [0.4, 0.5) is 0 Å². The van der Waals surface area contributed by atoms with E-state index in [0.29, 0.717) is 0 Å². The van der Waals surface area contributed by atoms with E-state index in [1.54, 1.807) is 0 Å². The zero-order valence-corrected chi connectivity index (χ0v) is 10.3. The van der Waals surface area contributed by atoms with Crippen LogP contribution in [0.5, 0.6) is 0 Å². The first-order valence-corrected chi connectivity index (χ1v) is 6.06. The zero-order chi connectivity index (χ0) is 12.0. The van der Waals surface area contributed by atoms with Crippen molar-refractivity contribution in [1.82, 2.24) is 0 Å². The zero-order valence-electron chi connectivity index (χ0n) is 10.3. The van der Waals surface area contributed by atoms with Crippen molar-refractivity contribution in [1.29, 1.82) is 0 Å². The molecule has 0 spiro atoms. The Balaban J connectivity index is 2.32. The lowest BCUT2D eigenvalue weighted by Gasteiger charge is -2.23. The lowest BCUT2D eigenvalue weighted by molar-refractivity contribution is -0.151. The molecular formula is C13H22O3. The summed E-state index contributed by atoms with van der Waals surface area (Å²) in [7, 11) is 0. The fourth-order valence-corrected chi connectivity index (χ4v) is 2.07. The summed E-state index contributed by atoms with van der Waals surface area (Å²) in [6.07, 6.45) is 6.37. The van der Waals surface area contributed by atoms with Crippen molar-refractivity contribution >= 4 is 5.97 Å². The van der Waals surface area contributed by atoms with Gasteiger partial charge in [-0.3, -0.25) is 0 Å². The number of esters is 1. The van der Waals surface area contributed by atoms with Gasteiger partial charge in [0.1, 0.15) is 5.60 Å². The second kappa shape index (κ2) is 6.04. The van der Waals surface area contributed by atoms with Crippen molar-refractivity contribution in [2.75, 3.05) is 6.61 Å². The molecular weight excluding hydrogens is 204 g/mol. The summed E-state index contributed by atoms with van der Waals surface area (Å²) in [5.74, 6) is -0.336. The minimum Gasteiger partial charge on any atom is -0.456 e. The van der Waals surface area contributed by atoms with E-state index in [0.717, 1.165) is 38.7 Å². The molecule has 1 rings (SSSR count). The number of unbranched alkanes of at least 4 members (excludes halogenated alkanes) is 1. The summed E-state index contributed by atoms with van der Waals surface area (Å²) in [6.45, 7) is 8.34. The van der Waals surface area contributed by atoms with E-state index >= 15 is 0 Å². The lowest BCUT2D eigenvalue weighted by Crippen LogP contribution is -2.28. The van der Waals surface area contributed by atoms with Gasteiger partial charge in [0.25, 0.3) is 0 Å². The molecule has 0 radical (unpaired) electrons. The largest absolute Gasteiger partial charge is 0.456 e. The van der Waals surface area contributed by atoms with Crippen LogP contribution in [0, 0.1) is 0 Å². The van der Waals surface area contributed by atoms with Gasteiger partial charge in [-0.2, -0.15) is 0 Å². The van der Waals surface area contributed by atoms with Crippen molar-refractivity contribution in [2.24, 2.45) is 0 Å². The highest BCUT2D eigenvalue weighted by atomic mass is 16.6. The molecule has 2 atom stereocenters. The molecule has 0 bridgehead atoms. The highest BCUT2D eigenvalue weighted by Crippen LogP contribution is 2.34. The predicted molar refractivity (Wildman–Crippen MR) is 63.2 cm³/mol. The number of hydrogen-bond acceptors (Lipinski definition) is 3. The SMILES string of the molecule is C=CC(=O)OC1(C)CCC(OCCCC)C1. The summed E-state index contributed by atoms with van der Waals surface area (Å²) >= 11 is 0. The van der Waals surface area contributed by atoms with Crippen LogP contribution in [0.1, 0.15) is 46.0 Å². The molecule has 0 aromatic rings. The fraction of sp³-hybridized carbons (Fsp3) is 0.769. The Morgan fingerprint density at radius 1 is 1.62 bits per heavy atom. The molecule has 0 aromatic carbocycles. The minimum atomic E-state index is -0.359. The van der Waals surface area contributed by atoms with Crippen LogP contribution in [0.25, 0.3) is 0 Å². The number of hydrogen-bond donors (Lipinski definition) is 0. The molecule has 2 unspecified atom stereocenters. The molecule has 0 heterocycles. The van der Waals surface area contributed by atoms with Crippen molar-refractivity contribution in [3.63, 3.8) is 0 Å². The van der Waals surface area contributed by atoms with Gasteiger partial charge in [-0.15, -0.1) is 0 Å². The third kappa shape index (κ3) is 3.97. The number of ether oxygens (including phenoxy) is 2. The van der Waals surface area contributed by atoms with E-state index in [4.69, 9.17) is 9.47 Å². The van der Waals surface area contributed by atoms with Crippen molar-refractivity contribution in [3.05, 3.63) is 12.7 Å². The Morgan fingerprint density at radius 3 is 3.00 bits per heavy atom. The minimum absolute atomic E-state index is 0.245. The first-order valence-electron chi connectivity index (χ1n) is 6.06. The molecule has 0 N–H and O–H groups in total. The molecule has 0 saturated heterocycles. The van der Waals surface area contributed by atoms with Gasteiger partial charge in [-0.1, -0.05) is 19.9 Å². The summed E-state index contributed by atoms with van der Waals surface area (Å²) in [5, 5.41) is 0. The van der Waals surface area contributed by atoms with Gasteiger partial charge in [-0.05, 0) is 26.2 Å². The van der Waals surface area contributed by atoms with E-state index in [9.17, 15) is 4.79 Å².